The molecule has 0 atom stereocenters. The molecule has 2 aromatic rings. The second-order valence-corrected chi connectivity index (χ2v) is 5.76. The molecule has 0 amide bonds. The van der Waals surface area contributed by atoms with Gasteiger partial charge in [-0.2, -0.15) is 0 Å². The maximum absolute atomic E-state index is 5.68. The summed E-state index contributed by atoms with van der Waals surface area (Å²) in [6.07, 6.45) is 4.33. The van der Waals surface area contributed by atoms with Crippen molar-refractivity contribution in [1.82, 2.24) is 0 Å². The number of ether oxygens (including phenoxy) is 2. The van der Waals surface area contributed by atoms with Crippen LogP contribution in [0.15, 0.2) is 48.5 Å². The highest BCUT2D eigenvalue weighted by molar-refractivity contribution is 6.20. The third kappa shape index (κ3) is 7.42. The van der Waals surface area contributed by atoms with E-state index in [1.807, 2.05) is 48.5 Å². The van der Waals surface area contributed by atoms with Crippen LogP contribution in [0.2, 0.25) is 0 Å². The van der Waals surface area contributed by atoms with E-state index in [0.717, 1.165) is 61.9 Å². The van der Waals surface area contributed by atoms with Gasteiger partial charge in [0.1, 0.15) is 23.0 Å². The van der Waals surface area contributed by atoms with Crippen LogP contribution < -0.4 is 18.8 Å². The van der Waals surface area contributed by atoms with E-state index in [-0.39, 0.29) is 7.69 Å². The average molecular weight is 342 g/mol. The van der Waals surface area contributed by atoms with Gasteiger partial charge in [0.05, 0.1) is 13.2 Å². The van der Waals surface area contributed by atoms with Gasteiger partial charge in [0.2, 0.25) is 0 Å². The molecule has 4 nitrogen and oxygen atoms in total. The Hall–Kier alpha value is -2.30. The molecule has 0 unspecified atom stereocenters. The molecule has 0 bridgehead atoms. The highest BCUT2D eigenvalue weighted by Crippen LogP contribution is 2.21. The summed E-state index contributed by atoms with van der Waals surface area (Å²) in [4.78, 5) is 0. The number of hydrogen-bond donors (Lipinski definition) is 0. The normalized spacial score (nSPS) is 10.2. The van der Waals surface area contributed by atoms with Gasteiger partial charge in [0.25, 0.3) is 0 Å². The van der Waals surface area contributed by atoms with Crippen LogP contribution in [0.5, 0.6) is 23.0 Å². The summed E-state index contributed by atoms with van der Waals surface area (Å²) in [5.74, 6) is 3.09. The smallest absolute Gasteiger partial charge is 0.528 e. The van der Waals surface area contributed by atoms with Gasteiger partial charge < -0.3 is 18.8 Å². The lowest BCUT2D eigenvalue weighted by atomic mass is 10.2. The summed E-state index contributed by atoms with van der Waals surface area (Å²) >= 11 is 0. The molecule has 0 N–H and O–H groups in total. The maximum atomic E-state index is 5.68. The summed E-state index contributed by atoms with van der Waals surface area (Å²) in [7, 11) is 0.136. The maximum Gasteiger partial charge on any atom is 0.576 e. The van der Waals surface area contributed by atoms with Crippen LogP contribution in [0.3, 0.4) is 0 Å². The molecule has 134 valence electrons. The molecule has 2 rings (SSSR count). The number of rotatable bonds is 12. The first-order valence-electron chi connectivity index (χ1n) is 9.03. The summed E-state index contributed by atoms with van der Waals surface area (Å²) in [6.45, 7) is 5.73. The van der Waals surface area contributed by atoms with Crippen molar-refractivity contribution in [1.29, 1.82) is 0 Å². The van der Waals surface area contributed by atoms with E-state index in [4.69, 9.17) is 18.8 Å². The molecule has 25 heavy (non-hydrogen) atoms. The van der Waals surface area contributed by atoms with Gasteiger partial charge >= 0.3 is 7.69 Å². The Balaban J connectivity index is 1.78. The molecule has 0 fully saturated rings. The topological polar surface area (TPSA) is 36.9 Å². The molecule has 0 saturated carbocycles. The SMILES string of the molecule is CCCCOc1cccc(OBOc2cccc(OCCCC)c2)c1. The summed E-state index contributed by atoms with van der Waals surface area (Å²) < 4.78 is 22.7. The van der Waals surface area contributed by atoms with E-state index < -0.39 is 0 Å². The fourth-order valence-corrected chi connectivity index (χ4v) is 2.14. The van der Waals surface area contributed by atoms with Crippen LogP contribution in [-0.2, 0) is 0 Å². The van der Waals surface area contributed by atoms with Gasteiger partial charge in [-0.05, 0) is 37.1 Å². The molecule has 0 aliphatic heterocycles. The standard InChI is InChI=1S/C20H27BO4/c1-3-5-13-22-17-9-7-11-19(15-17)24-21-25-20-12-8-10-18(16-20)23-14-6-4-2/h7-12,15-16,21H,3-6,13-14H2,1-2H3. The van der Waals surface area contributed by atoms with Gasteiger partial charge in [-0.15, -0.1) is 0 Å². The number of unbranched alkanes of at least 4 members (excludes halogenated alkanes) is 2. The monoisotopic (exact) mass is 342 g/mol. The molecule has 0 aromatic heterocycles. The van der Waals surface area contributed by atoms with E-state index in [1.165, 1.54) is 0 Å². The molecule has 0 radical (unpaired) electrons. The van der Waals surface area contributed by atoms with E-state index in [1.54, 1.807) is 0 Å². The van der Waals surface area contributed by atoms with Crippen molar-refractivity contribution in [2.45, 2.75) is 39.5 Å². The molecule has 0 aliphatic rings. The molecule has 2 aromatic carbocycles. The van der Waals surface area contributed by atoms with E-state index in [9.17, 15) is 0 Å². The minimum Gasteiger partial charge on any atom is -0.528 e. The lowest BCUT2D eigenvalue weighted by Crippen LogP contribution is -2.11. The first-order chi connectivity index (χ1) is 12.3. The molecule has 0 saturated heterocycles. The second-order valence-electron chi connectivity index (χ2n) is 5.76. The van der Waals surface area contributed by atoms with Crippen molar-refractivity contribution in [2.75, 3.05) is 13.2 Å². The van der Waals surface area contributed by atoms with Crippen LogP contribution in [0.4, 0.5) is 0 Å². The Morgan fingerprint density at radius 3 is 1.56 bits per heavy atom. The number of benzene rings is 2. The lowest BCUT2D eigenvalue weighted by molar-refractivity contribution is 0.308. The lowest BCUT2D eigenvalue weighted by Gasteiger charge is -2.11. The van der Waals surface area contributed by atoms with Crippen LogP contribution in [0, 0.1) is 0 Å². The largest absolute Gasteiger partial charge is 0.576 e. The van der Waals surface area contributed by atoms with Crippen molar-refractivity contribution in [3.8, 4) is 23.0 Å². The molecule has 0 heterocycles. The Labute approximate surface area is 151 Å². The zero-order valence-corrected chi connectivity index (χ0v) is 15.2. The van der Waals surface area contributed by atoms with E-state index >= 15 is 0 Å². The van der Waals surface area contributed by atoms with Gasteiger partial charge in [0, 0.05) is 12.1 Å². The minimum absolute atomic E-state index is 0.136. The van der Waals surface area contributed by atoms with Crippen molar-refractivity contribution < 1.29 is 18.8 Å². The van der Waals surface area contributed by atoms with Crippen LogP contribution in [0.1, 0.15) is 39.5 Å². The fourth-order valence-electron chi connectivity index (χ4n) is 2.14. The Morgan fingerprint density at radius 1 is 0.680 bits per heavy atom. The minimum atomic E-state index is 0.136. The summed E-state index contributed by atoms with van der Waals surface area (Å²) in [5, 5.41) is 0. The Bertz CT molecular complexity index is 565. The van der Waals surface area contributed by atoms with Gasteiger partial charge in [-0.3, -0.25) is 0 Å². The van der Waals surface area contributed by atoms with Gasteiger partial charge in [-0.25, -0.2) is 0 Å². The molecule has 0 aliphatic carbocycles. The quantitative estimate of drug-likeness (QED) is 0.411. The van der Waals surface area contributed by atoms with Crippen molar-refractivity contribution in [3.63, 3.8) is 0 Å². The summed E-state index contributed by atoms with van der Waals surface area (Å²) in [5.41, 5.74) is 0. The van der Waals surface area contributed by atoms with Crippen molar-refractivity contribution in [3.05, 3.63) is 48.5 Å². The highest BCUT2D eigenvalue weighted by Gasteiger charge is 2.03. The van der Waals surface area contributed by atoms with Gasteiger partial charge in [0.15, 0.2) is 0 Å². The highest BCUT2D eigenvalue weighted by atomic mass is 16.6. The van der Waals surface area contributed by atoms with Crippen molar-refractivity contribution >= 4 is 7.69 Å². The van der Waals surface area contributed by atoms with Crippen LogP contribution in [0.25, 0.3) is 0 Å². The average Bonchev–Trinajstić information content (AvgIpc) is 2.63. The molecular weight excluding hydrogens is 315 g/mol. The zero-order chi connectivity index (χ0) is 17.7. The van der Waals surface area contributed by atoms with E-state index in [2.05, 4.69) is 13.8 Å². The first kappa shape index (κ1) is 19.0. The third-order valence-corrected chi connectivity index (χ3v) is 3.60. The molecule has 0 spiro atoms. The number of hydrogen-bond acceptors (Lipinski definition) is 4. The molecule has 5 heteroatoms. The van der Waals surface area contributed by atoms with Crippen LogP contribution in [-0.4, -0.2) is 20.9 Å². The van der Waals surface area contributed by atoms with E-state index in [0.29, 0.717) is 0 Å². The predicted octanol–water partition coefficient (Wildman–Crippen LogP) is 4.77. The fraction of sp³-hybridized carbons (Fsp3) is 0.400. The van der Waals surface area contributed by atoms with Crippen LogP contribution >= 0.6 is 0 Å². The summed E-state index contributed by atoms with van der Waals surface area (Å²) in [6, 6.07) is 15.2. The predicted molar refractivity (Wildman–Crippen MR) is 102 cm³/mol. The molecular formula is C20H27BO4. The Morgan fingerprint density at radius 2 is 1.12 bits per heavy atom. The third-order valence-electron chi connectivity index (χ3n) is 3.60. The Kier molecular flexibility index (Phi) is 8.60. The zero-order valence-electron chi connectivity index (χ0n) is 15.2. The van der Waals surface area contributed by atoms with Crippen molar-refractivity contribution in [2.24, 2.45) is 0 Å². The van der Waals surface area contributed by atoms with Gasteiger partial charge in [-0.1, -0.05) is 38.8 Å². The second kappa shape index (κ2) is 11.3. The first-order valence-corrected chi connectivity index (χ1v) is 9.03.